The summed E-state index contributed by atoms with van der Waals surface area (Å²) < 4.78 is 5.60. The molecule has 0 heterocycles. The molecule has 0 spiro atoms. The molecule has 0 aromatic heterocycles. The molecule has 1 atom stereocenters. The monoisotopic (exact) mass is 155 g/mol. The normalized spacial score (nSPS) is 14.1. The van der Waals surface area contributed by atoms with E-state index >= 15 is 0 Å². The first-order valence-electron chi connectivity index (χ1n) is 4.04. The number of rotatable bonds is 3. The average Bonchev–Trinajstić information content (AvgIpc) is 1.84. The predicted molar refractivity (Wildman–Crippen MR) is 45.1 cm³/mol. The van der Waals surface area contributed by atoms with E-state index in [0.717, 1.165) is 6.42 Å². The lowest BCUT2D eigenvalue weighted by Crippen LogP contribution is -2.26. The molecule has 0 N–H and O–H groups in total. The summed E-state index contributed by atoms with van der Waals surface area (Å²) in [6.45, 7) is 8.06. The number of nitrogens with zero attached hydrogens (tertiary/aromatic N) is 1. The van der Waals surface area contributed by atoms with Gasteiger partial charge in [0.25, 0.3) is 0 Å². The van der Waals surface area contributed by atoms with E-state index in [1.54, 1.807) is 0 Å². The Labute approximate surface area is 69.2 Å². The van der Waals surface area contributed by atoms with Crippen LogP contribution in [-0.4, -0.2) is 11.7 Å². The zero-order valence-electron chi connectivity index (χ0n) is 7.85. The zero-order valence-corrected chi connectivity index (χ0v) is 7.85. The lowest BCUT2D eigenvalue weighted by molar-refractivity contribution is -0.0585. The Balaban J connectivity index is 3.80. The highest BCUT2D eigenvalue weighted by Gasteiger charge is 2.16. The van der Waals surface area contributed by atoms with Gasteiger partial charge in [-0.25, -0.2) is 0 Å². The Bertz CT molecular complexity index is 141. The number of hydrogen-bond acceptors (Lipinski definition) is 2. The second kappa shape index (κ2) is 4.35. The van der Waals surface area contributed by atoms with Crippen LogP contribution in [0.2, 0.25) is 0 Å². The summed E-state index contributed by atoms with van der Waals surface area (Å²) in [5, 5.41) is 8.43. The minimum atomic E-state index is -0.127. The van der Waals surface area contributed by atoms with Crippen molar-refractivity contribution in [3.63, 3.8) is 0 Å². The van der Waals surface area contributed by atoms with E-state index in [1.165, 1.54) is 0 Å². The van der Waals surface area contributed by atoms with E-state index in [9.17, 15) is 0 Å². The van der Waals surface area contributed by atoms with Crippen molar-refractivity contribution >= 4 is 0 Å². The maximum absolute atomic E-state index is 8.43. The van der Waals surface area contributed by atoms with Crippen LogP contribution < -0.4 is 0 Å². The van der Waals surface area contributed by atoms with Crippen molar-refractivity contribution in [1.82, 2.24) is 0 Å². The molecule has 0 rings (SSSR count). The van der Waals surface area contributed by atoms with E-state index in [2.05, 4.69) is 6.07 Å². The van der Waals surface area contributed by atoms with Crippen molar-refractivity contribution in [2.24, 2.45) is 0 Å². The van der Waals surface area contributed by atoms with Gasteiger partial charge < -0.3 is 4.74 Å². The first-order valence-corrected chi connectivity index (χ1v) is 4.04. The standard InChI is InChI=1S/C9H17NO/c1-5-8(6-7-10)11-9(2,3)4/h8H,5-6H2,1-4H3. The Morgan fingerprint density at radius 2 is 2.00 bits per heavy atom. The summed E-state index contributed by atoms with van der Waals surface area (Å²) >= 11 is 0. The molecular weight excluding hydrogens is 138 g/mol. The number of ether oxygens (including phenoxy) is 1. The molecular formula is C9H17NO. The van der Waals surface area contributed by atoms with Crippen LogP contribution in [0.25, 0.3) is 0 Å². The van der Waals surface area contributed by atoms with Crippen molar-refractivity contribution in [2.75, 3.05) is 0 Å². The molecule has 11 heavy (non-hydrogen) atoms. The Morgan fingerprint density at radius 1 is 1.45 bits per heavy atom. The van der Waals surface area contributed by atoms with Crippen LogP contribution in [0.1, 0.15) is 40.5 Å². The lowest BCUT2D eigenvalue weighted by Gasteiger charge is -2.25. The summed E-state index contributed by atoms with van der Waals surface area (Å²) in [5.74, 6) is 0. The fourth-order valence-electron chi connectivity index (χ4n) is 0.871. The summed E-state index contributed by atoms with van der Waals surface area (Å²) in [5.41, 5.74) is -0.127. The third-order valence-electron chi connectivity index (χ3n) is 1.29. The largest absolute Gasteiger partial charge is 0.372 e. The molecule has 0 aromatic carbocycles. The van der Waals surface area contributed by atoms with Gasteiger partial charge in [-0.15, -0.1) is 0 Å². The quantitative estimate of drug-likeness (QED) is 0.627. The topological polar surface area (TPSA) is 33.0 Å². The molecule has 0 saturated carbocycles. The third kappa shape index (κ3) is 5.87. The maximum Gasteiger partial charge on any atom is 0.0709 e. The molecule has 0 saturated heterocycles. The average molecular weight is 155 g/mol. The smallest absolute Gasteiger partial charge is 0.0709 e. The van der Waals surface area contributed by atoms with Crippen LogP contribution in [0, 0.1) is 11.3 Å². The van der Waals surface area contributed by atoms with E-state index in [0.29, 0.717) is 6.42 Å². The highest BCUT2D eigenvalue weighted by atomic mass is 16.5. The molecule has 0 aromatic rings. The first kappa shape index (κ1) is 10.4. The molecule has 0 amide bonds. The van der Waals surface area contributed by atoms with Crippen LogP contribution in [0.3, 0.4) is 0 Å². The van der Waals surface area contributed by atoms with E-state index in [-0.39, 0.29) is 11.7 Å². The highest BCUT2D eigenvalue weighted by molar-refractivity contribution is 4.77. The number of hydrogen-bond donors (Lipinski definition) is 0. The number of nitriles is 1. The summed E-state index contributed by atoms with van der Waals surface area (Å²) in [7, 11) is 0. The summed E-state index contributed by atoms with van der Waals surface area (Å²) in [6.07, 6.45) is 1.50. The second-order valence-electron chi connectivity index (χ2n) is 3.62. The molecule has 0 aliphatic carbocycles. The Hall–Kier alpha value is -0.550. The van der Waals surface area contributed by atoms with Crippen molar-refractivity contribution in [2.45, 2.75) is 52.2 Å². The first-order chi connectivity index (χ1) is 4.99. The lowest BCUT2D eigenvalue weighted by atomic mass is 10.1. The Kier molecular flexibility index (Phi) is 4.14. The minimum Gasteiger partial charge on any atom is -0.372 e. The molecule has 0 aliphatic heterocycles. The van der Waals surface area contributed by atoms with Crippen LogP contribution in [-0.2, 0) is 4.74 Å². The molecule has 0 radical (unpaired) electrons. The fourth-order valence-corrected chi connectivity index (χ4v) is 0.871. The van der Waals surface area contributed by atoms with E-state index in [4.69, 9.17) is 10.00 Å². The van der Waals surface area contributed by atoms with Crippen LogP contribution in [0.15, 0.2) is 0 Å². The molecule has 0 bridgehead atoms. The fraction of sp³-hybridized carbons (Fsp3) is 0.889. The van der Waals surface area contributed by atoms with Crippen LogP contribution in [0.4, 0.5) is 0 Å². The second-order valence-corrected chi connectivity index (χ2v) is 3.62. The molecule has 0 aliphatic rings. The highest BCUT2D eigenvalue weighted by Crippen LogP contribution is 2.14. The van der Waals surface area contributed by atoms with Gasteiger partial charge >= 0.3 is 0 Å². The van der Waals surface area contributed by atoms with Crippen LogP contribution in [0.5, 0.6) is 0 Å². The van der Waals surface area contributed by atoms with Crippen LogP contribution >= 0.6 is 0 Å². The Morgan fingerprint density at radius 3 is 2.27 bits per heavy atom. The SMILES string of the molecule is CCC(CC#N)OC(C)(C)C. The van der Waals surface area contributed by atoms with Gasteiger partial charge in [0, 0.05) is 0 Å². The molecule has 0 fully saturated rings. The van der Waals surface area contributed by atoms with Gasteiger partial charge in [-0.1, -0.05) is 6.92 Å². The molecule has 2 heteroatoms. The van der Waals surface area contributed by atoms with Gasteiger partial charge in [0.1, 0.15) is 0 Å². The molecule has 64 valence electrons. The minimum absolute atomic E-state index is 0.0972. The van der Waals surface area contributed by atoms with Crippen molar-refractivity contribution in [1.29, 1.82) is 5.26 Å². The zero-order chi connectivity index (χ0) is 8.91. The maximum atomic E-state index is 8.43. The predicted octanol–water partition coefficient (Wildman–Crippen LogP) is 2.49. The van der Waals surface area contributed by atoms with Crippen molar-refractivity contribution < 1.29 is 4.74 Å². The third-order valence-corrected chi connectivity index (χ3v) is 1.29. The van der Waals surface area contributed by atoms with Gasteiger partial charge in [0.05, 0.1) is 24.2 Å². The van der Waals surface area contributed by atoms with E-state index in [1.807, 2.05) is 27.7 Å². The van der Waals surface area contributed by atoms with Gasteiger partial charge in [0.2, 0.25) is 0 Å². The summed E-state index contributed by atoms with van der Waals surface area (Å²) in [6, 6.07) is 2.12. The van der Waals surface area contributed by atoms with E-state index < -0.39 is 0 Å². The van der Waals surface area contributed by atoms with Gasteiger partial charge in [-0.05, 0) is 27.2 Å². The molecule has 2 nitrogen and oxygen atoms in total. The van der Waals surface area contributed by atoms with Crippen molar-refractivity contribution in [3.8, 4) is 6.07 Å². The van der Waals surface area contributed by atoms with Gasteiger partial charge in [-0.3, -0.25) is 0 Å². The molecule has 1 unspecified atom stereocenters. The van der Waals surface area contributed by atoms with Crippen molar-refractivity contribution in [3.05, 3.63) is 0 Å². The van der Waals surface area contributed by atoms with Gasteiger partial charge in [-0.2, -0.15) is 5.26 Å². The summed E-state index contributed by atoms with van der Waals surface area (Å²) in [4.78, 5) is 0. The van der Waals surface area contributed by atoms with Gasteiger partial charge in [0.15, 0.2) is 0 Å².